The fraction of sp³-hybridized carbons (Fsp3) is 0.846. The van der Waals surface area contributed by atoms with Crippen molar-refractivity contribution in [3.8, 4) is 0 Å². The van der Waals surface area contributed by atoms with Gasteiger partial charge in [0.05, 0.1) is 0 Å². The van der Waals surface area contributed by atoms with Crippen molar-refractivity contribution in [1.29, 1.82) is 0 Å². The summed E-state index contributed by atoms with van der Waals surface area (Å²) in [5, 5.41) is 6.03. The summed E-state index contributed by atoms with van der Waals surface area (Å²) in [6.07, 6.45) is 1.56. The number of likely N-dealkylation sites (N-methyl/N-ethyl adjacent to an activating group) is 1. The first kappa shape index (κ1) is 15.0. The van der Waals surface area contributed by atoms with E-state index in [1.165, 1.54) is 0 Å². The van der Waals surface area contributed by atoms with Gasteiger partial charge in [-0.2, -0.15) is 0 Å². The summed E-state index contributed by atoms with van der Waals surface area (Å²) < 4.78 is 0. The molecule has 0 aliphatic carbocycles. The number of carbonyl (C=O) groups is 2. The van der Waals surface area contributed by atoms with E-state index in [0.29, 0.717) is 25.4 Å². The van der Waals surface area contributed by atoms with Gasteiger partial charge in [0, 0.05) is 19.5 Å². The van der Waals surface area contributed by atoms with Gasteiger partial charge in [-0.15, -0.1) is 0 Å². The van der Waals surface area contributed by atoms with Crippen LogP contribution in [0.25, 0.3) is 0 Å². The minimum atomic E-state index is -0.424. The molecule has 5 heteroatoms. The van der Waals surface area contributed by atoms with Crippen molar-refractivity contribution in [1.82, 2.24) is 15.5 Å². The SMILES string of the molecule is CCN(CC)C(=O)C(C)NC(=O)CC1CCNC1. The topological polar surface area (TPSA) is 61.4 Å². The van der Waals surface area contributed by atoms with Crippen LogP contribution >= 0.6 is 0 Å². The maximum Gasteiger partial charge on any atom is 0.244 e. The third-order valence-electron chi connectivity index (χ3n) is 3.46. The summed E-state index contributed by atoms with van der Waals surface area (Å²) in [5.41, 5.74) is 0. The Hall–Kier alpha value is -1.10. The smallest absolute Gasteiger partial charge is 0.244 e. The predicted molar refractivity (Wildman–Crippen MR) is 71.1 cm³/mol. The maximum atomic E-state index is 12.0. The minimum Gasteiger partial charge on any atom is -0.345 e. The van der Waals surface area contributed by atoms with Crippen LogP contribution in [0.2, 0.25) is 0 Å². The maximum absolute atomic E-state index is 12.0. The van der Waals surface area contributed by atoms with Crippen LogP contribution in [0.15, 0.2) is 0 Å². The van der Waals surface area contributed by atoms with Crippen LogP contribution < -0.4 is 10.6 Å². The van der Waals surface area contributed by atoms with E-state index in [4.69, 9.17) is 0 Å². The summed E-state index contributed by atoms with van der Waals surface area (Å²) in [7, 11) is 0. The molecule has 0 spiro atoms. The highest BCUT2D eigenvalue weighted by atomic mass is 16.2. The van der Waals surface area contributed by atoms with E-state index in [2.05, 4.69) is 10.6 Å². The molecule has 0 bridgehead atoms. The van der Waals surface area contributed by atoms with E-state index in [1.54, 1.807) is 11.8 Å². The normalized spacial score (nSPS) is 20.5. The molecule has 5 nitrogen and oxygen atoms in total. The largest absolute Gasteiger partial charge is 0.345 e. The lowest BCUT2D eigenvalue weighted by Gasteiger charge is -2.23. The van der Waals surface area contributed by atoms with Crippen LogP contribution in [-0.2, 0) is 9.59 Å². The molecule has 1 rings (SSSR count). The van der Waals surface area contributed by atoms with Gasteiger partial charge in [-0.25, -0.2) is 0 Å². The highest BCUT2D eigenvalue weighted by Crippen LogP contribution is 2.11. The number of carbonyl (C=O) groups excluding carboxylic acids is 2. The molecule has 0 radical (unpaired) electrons. The van der Waals surface area contributed by atoms with Crippen LogP contribution in [0.3, 0.4) is 0 Å². The molecule has 0 saturated carbocycles. The fourth-order valence-corrected chi connectivity index (χ4v) is 2.32. The first-order valence-corrected chi connectivity index (χ1v) is 6.87. The molecule has 0 aromatic heterocycles. The van der Waals surface area contributed by atoms with E-state index >= 15 is 0 Å². The first-order valence-electron chi connectivity index (χ1n) is 6.87. The average molecular weight is 255 g/mol. The zero-order valence-electron chi connectivity index (χ0n) is 11.7. The van der Waals surface area contributed by atoms with Crippen LogP contribution in [-0.4, -0.2) is 48.9 Å². The zero-order chi connectivity index (χ0) is 13.5. The number of nitrogens with zero attached hydrogens (tertiary/aromatic N) is 1. The molecule has 2 amide bonds. The number of amides is 2. The summed E-state index contributed by atoms with van der Waals surface area (Å²) in [6, 6.07) is -0.424. The lowest BCUT2D eigenvalue weighted by atomic mass is 10.0. The first-order chi connectivity index (χ1) is 8.58. The number of rotatable bonds is 6. The lowest BCUT2D eigenvalue weighted by Crippen LogP contribution is -2.47. The number of hydrogen-bond donors (Lipinski definition) is 2. The summed E-state index contributed by atoms with van der Waals surface area (Å²) in [6.45, 7) is 8.91. The summed E-state index contributed by atoms with van der Waals surface area (Å²) >= 11 is 0. The predicted octanol–water partition coefficient (Wildman–Crippen LogP) is 0.359. The summed E-state index contributed by atoms with van der Waals surface area (Å²) in [5.74, 6) is 0.398. The van der Waals surface area contributed by atoms with Gasteiger partial charge in [0.2, 0.25) is 11.8 Å². The third-order valence-corrected chi connectivity index (χ3v) is 3.46. The third kappa shape index (κ3) is 4.29. The highest BCUT2D eigenvalue weighted by molar-refractivity contribution is 5.87. The van der Waals surface area contributed by atoms with Gasteiger partial charge in [-0.05, 0) is 46.2 Å². The van der Waals surface area contributed by atoms with Crippen molar-refractivity contribution in [2.75, 3.05) is 26.2 Å². The molecule has 1 saturated heterocycles. The van der Waals surface area contributed by atoms with Gasteiger partial charge < -0.3 is 15.5 Å². The van der Waals surface area contributed by atoms with E-state index < -0.39 is 6.04 Å². The van der Waals surface area contributed by atoms with Crippen molar-refractivity contribution in [3.63, 3.8) is 0 Å². The molecular weight excluding hydrogens is 230 g/mol. The van der Waals surface area contributed by atoms with E-state index in [9.17, 15) is 9.59 Å². The second-order valence-corrected chi connectivity index (χ2v) is 4.86. The van der Waals surface area contributed by atoms with Crippen molar-refractivity contribution in [3.05, 3.63) is 0 Å². The van der Waals surface area contributed by atoms with E-state index in [0.717, 1.165) is 19.5 Å². The molecule has 1 fully saturated rings. The van der Waals surface area contributed by atoms with Crippen LogP contribution in [0.4, 0.5) is 0 Å². The van der Waals surface area contributed by atoms with Gasteiger partial charge in [-0.3, -0.25) is 9.59 Å². The van der Waals surface area contributed by atoms with Crippen molar-refractivity contribution < 1.29 is 9.59 Å². The van der Waals surface area contributed by atoms with Crippen molar-refractivity contribution in [2.24, 2.45) is 5.92 Å². The van der Waals surface area contributed by atoms with Gasteiger partial charge in [0.25, 0.3) is 0 Å². The van der Waals surface area contributed by atoms with Crippen LogP contribution in [0, 0.1) is 5.92 Å². The molecule has 2 atom stereocenters. The van der Waals surface area contributed by atoms with E-state index in [-0.39, 0.29) is 11.8 Å². The molecule has 1 aliphatic heterocycles. The van der Waals surface area contributed by atoms with Crippen molar-refractivity contribution >= 4 is 11.8 Å². The fourth-order valence-electron chi connectivity index (χ4n) is 2.32. The molecule has 104 valence electrons. The molecule has 0 aromatic carbocycles. The summed E-state index contributed by atoms with van der Waals surface area (Å²) in [4.78, 5) is 25.5. The van der Waals surface area contributed by atoms with Crippen LogP contribution in [0.5, 0.6) is 0 Å². The molecule has 18 heavy (non-hydrogen) atoms. The van der Waals surface area contributed by atoms with Gasteiger partial charge >= 0.3 is 0 Å². The van der Waals surface area contributed by atoms with Crippen LogP contribution in [0.1, 0.15) is 33.6 Å². The minimum absolute atomic E-state index is 0.00195. The molecule has 2 N–H and O–H groups in total. The highest BCUT2D eigenvalue weighted by Gasteiger charge is 2.22. The lowest BCUT2D eigenvalue weighted by molar-refractivity contribution is -0.135. The second-order valence-electron chi connectivity index (χ2n) is 4.86. The molecule has 2 unspecified atom stereocenters. The average Bonchev–Trinajstić information content (AvgIpc) is 2.82. The molecular formula is C13H25N3O2. The number of nitrogens with one attached hydrogen (secondary N) is 2. The Morgan fingerprint density at radius 3 is 2.56 bits per heavy atom. The Kier molecular flexibility index (Phi) is 6.12. The van der Waals surface area contributed by atoms with Gasteiger partial charge in [0.1, 0.15) is 6.04 Å². The van der Waals surface area contributed by atoms with Gasteiger partial charge in [-0.1, -0.05) is 0 Å². The quantitative estimate of drug-likeness (QED) is 0.720. The monoisotopic (exact) mass is 255 g/mol. The Balaban J connectivity index is 2.35. The second kappa shape index (κ2) is 7.36. The Bertz CT molecular complexity index is 284. The van der Waals surface area contributed by atoms with Crippen molar-refractivity contribution in [2.45, 2.75) is 39.7 Å². The van der Waals surface area contributed by atoms with Gasteiger partial charge in [0.15, 0.2) is 0 Å². The molecule has 0 aromatic rings. The zero-order valence-corrected chi connectivity index (χ0v) is 11.7. The molecule has 1 heterocycles. The molecule has 1 aliphatic rings. The Labute approximate surface area is 109 Å². The Morgan fingerprint density at radius 1 is 1.39 bits per heavy atom. The number of hydrogen-bond acceptors (Lipinski definition) is 3. The van der Waals surface area contributed by atoms with E-state index in [1.807, 2.05) is 13.8 Å². The standard InChI is InChI=1S/C13H25N3O2/c1-4-16(5-2)13(18)10(3)15-12(17)8-11-6-7-14-9-11/h10-11,14H,4-9H2,1-3H3,(H,15,17). The Morgan fingerprint density at radius 2 is 2.06 bits per heavy atom.